The van der Waals surface area contributed by atoms with Crippen LogP contribution in [0.25, 0.3) is 5.69 Å². The molecule has 0 aliphatic carbocycles. The summed E-state index contributed by atoms with van der Waals surface area (Å²) < 4.78 is 122. The van der Waals surface area contributed by atoms with Crippen LogP contribution in [0.1, 0.15) is 17.0 Å². The van der Waals surface area contributed by atoms with Crippen molar-refractivity contribution in [2.24, 2.45) is 0 Å². The molecule has 0 saturated heterocycles. The van der Waals surface area contributed by atoms with Crippen LogP contribution in [0.2, 0.25) is 0 Å². The zero-order chi connectivity index (χ0) is 22.3. The molecule has 0 saturated carbocycles. The fraction of sp³-hybridized carbons (Fsp3) is 0.167. The van der Waals surface area contributed by atoms with E-state index >= 15 is 0 Å². The largest absolute Gasteiger partial charge is 0.450 e. The van der Waals surface area contributed by atoms with Crippen LogP contribution in [0.5, 0.6) is 11.6 Å². The molecule has 0 bridgehead atoms. The summed E-state index contributed by atoms with van der Waals surface area (Å²) in [6, 6.07) is 5.85. The van der Waals surface area contributed by atoms with Crippen molar-refractivity contribution in [3.8, 4) is 17.3 Å². The van der Waals surface area contributed by atoms with Crippen molar-refractivity contribution < 1.29 is 44.3 Å². The summed E-state index contributed by atoms with van der Waals surface area (Å²) in [7, 11) is 0. The van der Waals surface area contributed by atoms with Crippen molar-refractivity contribution in [1.82, 2.24) is 9.55 Å². The SMILES string of the molecule is FC(F)(F)c1ccc(Oc2cnc(C(F)(F)F)n2-c2ccc(C(F)(F)F)cc2)cc1. The Hall–Kier alpha value is -3.18. The maximum absolute atomic E-state index is 13.3. The molecule has 0 aliphatic heterocycles. The van der Waals surface area contributed by atoms with E-state index in [9.17, 15) is 39.5 Å². The highest BCUT2D eigenvalue weighted by molar-refractivity contribution is 5.42. The highest BCUT2D eigenvalue weighted by atomic mass is 19.4. The first-order chi connectivity index (χ1) is 13.8. The van der Waals surface area contributed by atoms with Gasteiger partial charge in [0.1, 0.15) is 5.75 Å². The van der Waals surface area contributed by atoms with Gasteiger partial charge in [0.25, 0.3) is 0 Å². The number of halogens is 9. The summed E-state index contributed by atoms with van der Waals surface area (Å²) in [6.45, 7) is 0. The molecule has 0 atom stereocenters. The third-order valence-electron chi connectivity index (χ3n) is 3.84. The number of hydrogen-bond donors (Lipinski definition) is 0. The van der Waals surface area contributed by atoms with Crippen molar-refractivity contribution >= 4 is 0 Å². The molecule has 30 heavy (non-hydrogen) atoms. The fourth-order valence-electron chi connectivity index (χ4n) is 2.49. The van der Waals surface area contributed by atoms with E-state index in [0.717, 1.165) is 24.3 Å². The van der Waals surface area contributed by atoms with E-state index in [2.05, 4.69) is 4.98 Å². The average Bonchev–Trinajstić information content (AvgIpc) is 3.05. The Morgan fingerprint density at radius 1 is 0.633 bits per heavy atom. The number of hydrogen-bond acceptors (Lipinski definition) is 2. The van der Waals surface area contributed by atoms with Crippen LogP contribution >= 0.6 is 0 Å². The predicted molar refractivity (Wildman–Crippen MR) is 85.1 cm³/mol. The van der Waals surface area contributed by atoms with Gasteiger partial charge in [0.15, 0.2) is 0 Å². The summed E-state index contributed by atoms with van der Waals surface area (Å²) in [5.74, 6) is -2.27. The van der Waals surface area contributed by atoms with Crippen molar-refractivity contribution in [2.45, 2.75) is 18.5 Å². The summed E-state index contributed by atoms with van der Waals surface area (Å²) >= 11 is 0. The fourth-order valence-corrected chi connectivity index (χ4v) is 2.49. The van der Waals surface area contributed by atoms with E-state index < -0.39 is 41.4 Å². The van der Waals surface area contributed by atoms with E-state index in [1.165, 1.54) is 0 Å². The standard InChI is InChI=1S/C18H9F9N2O/c19-16(20,21)10-1-5-12(6-2-10)29-14(9-28-15(29)18(25,26)27)30-13-7-3-11(4-8-13)17(22,23)24/h1-9H. The van der Waals surface area contributed by atoms with Crippen LogP contribution in [-0.2, 0) is 18.5 Å². The van der Waals surface area contributed by atoms with Gasteiger partial charge in [-0.3, -0.25) is 4.57 Å². The second-order valence-corrected chi connectivity index (χ2v) is 5.92. The molecule has 0 aliphatic rings. The van der Waals surface area contributed by atoms with Gasteiger partial charge < -0.3 is 4.74 Å². The number of ether oxygens (including phenoxy) is 1. The number of nitrogens with zero attached hydrogens (tertiary/aromatic N) is 2. The second kappa shape index (κ2) is 7.26. The van der Waals surface area contributed by atoms with Gasteiger partial charge in [-0.05, 0) is 48.5 Å². The van der Waals surface area contributed by atoms with Crippen LogP contribution < -0.4 is 4.74 Å². The van der Waals surface area contributed by atoms with Gasteiger partial charge in [-0.25, -0.2) is 4.98 Å². The number of benzene rings is 2. The number of aromatic nitrogens is 2. The second-order valence-electron chi connectivity index (χ2n) is 5.92. The minimum atomic E-state index is -4.98. The lowest BCUT2D eigenvalue weighted by Gasteiger charge is -2.15. The minimum Gasteiger partial charge on any atom is -0.439 e. The Kier molecular flexibility index (Phi) is 5.21. The first-order valence-corrected chi connectivity index (χ1v) is 7.94. The summed E-state index contributed by atoms with van der Waals surface area (Å²) in [6.07, 6.45) is -13.6. The molecular formula is C18H9F9N2O. The molecule has 0 unspecified atom stereocenters. The van der Waals surface area contributed by atoms with Gasteiger partial charge in [0, 0.05) is 0 Å². The topological polar surface area (TPSA) is 27.1 Å². The van der Waals surface area contributed by atoms with E-state index in [0.29, 0.717) is 35.0 Å². The summed E-state index contributed by atoms with van der Waals surface area (Å²) in [4.78, 5) is 3.20. The van der Waals surface area contributed by atoms with Crippen LogP contribution in [0, 0.1) is 0 Å². The first-order valence-electron chi connectivity index (χ1n) is 7.94. The van der Waals surface area contributed by atoms with E-state index in [1.807, 2.05) is 0 Å². The summed E-state index contributed by atoms with van der Waals surface area (Å²) in [5.41, 5.74) is -2.41. The zero-order valence-corrected chi connectivity index (χ0v) is 14.4. The van der Waals surface area contributed by atoms with Gasteiger partial charge in [-0.2, -0.15) is 39.5 Å². The molecule has 2 aromatic carbocycles. The van der Waals surface area contributed by atoms with Crippen molar-refractivity contribution in [1.29, 1.82) is 0 Å². The predicted octanol–water partition coefficient (Wildman–Crippen LogP) is 6.72. The normalized spacial score (nSPS) is 12.8. The molecule has 0 amide bonds. The molecule has 1 aromatic heterocycles. The molecule has 3 rings (SSSR count). The van der Waals surface area contributed by atoms with Crippen LogP contribution in [0.4, 0.5) is 39.5 Å². The Labute approximate surface area is 162 Å². The van der Waals surface area contributed by atoms with E-state index in [4.69, 9.17) is 4.74 Å². The lowest BCUT2D eigenvalue weighted by Crippen LogP contribution is -2.14. The highest BCUT2D eigenvalue weighted by Gasteiger charge is 2.39. The Balaban J connectivity index is 2.01. The highest BCUT2D eigenvalue weighted by Crippen LogP contribution is 2.37. The molecule has 0 N–H and O–H groups in total. The Morgan fingerprint density at radius 2 is 1.10 bits per heavy atom. The molecule has 1 heterocycles. The number of rotatable bonds is 3. The van der Waals surface area contributed by atoms with Crippen LogP contribution in [-0.4, -0.2) is 9.55 Å². The Morgan fingerprint density at radius 3 is 1.53 bits per heavy atom. The summed E-state index contributed by atoms with van der Waals surface area (Å²) in [5, 5.41) is 0. The van der Waals surface area contributed by atoms with Gasteiger partial charge in [0.05, 0.1) is 23.0 Å². The van der Waals surface area contributed by atoms with Gasteiger partial charge >= 0.3 is 18.5 Å². The molecule has 3 nitrogen and oxygen atoms in total. The molecule has 3 aromatic rings. The molecule has 0 fully saturated rings. The molecule has 0 radical (unpaired) electrons. The molecular weight excluding hydrogens is 431 g/mol. The number of imidazole rings is 1. The number of alkyl halides is 9. The lowest BCUT2D eigenvalue weighted by atomic mass is 10.2. The van der Waals surface area contributed by atoms with Gasteiger partial charge in [-0.15, -0.1) is 0 Å². The third kappa shape index (κ3) is 4.52. The smallest absolute Gasteiger partial charge is 0.439 e. The quantitative estimate of drug-likeness (QED) is 0.423. The average molecular weight is 440 g/mol. The monoisotopic (exact) mass is 440 g/mol. The Bertz CT molecular complexity index is 1010. The van der Waals surface area contributed by atoms with Gasteiger partial charge in [-0.1, -0.05) is 0 Å². The van der Waals surface area contributed by atoms with Crippen molar-refractivity contribution in [3.63, 3.8) is 0 Å². The minimum absolute atomic E-state index is 0.232. The van der Waals surface area contributed by atoms with Crippen molar-refractivity contribution in [2.75, 3.05) is 0 Å². The van der Waals surface area contributed by atoms with E-state index in [1.54, 1.807) is 0 Å². The van der Waals surface area contributed by atoms with Crippen LogP contribution in [0.3, 0.4) is 0 Å². The lowest BCUT2D eigenvalue weighted by molar-refractivity contribution is -0.146. The van der Waals surface area contributed by atoms with E-state index in [-0.39, 0.29) is 11.4 Å². The van der Waals surface area contributed by atoms with Gasteiger partial charge in [0.2, 0.25) is 11.7 Å². The molecule has 0 spiro atoms. The maximum Gasteiger partial charge on any atom is 0.450 e. The first kappa shape index (κ1) is 21.5. The maximum atomic E-state index is 13.3. The zero-order valence-electron chi connectivity index (χ0n) is 14.4. The van der Waals surface area contributed by atoms with Crippen LogP contribution in [0.15, 0.2) is 54.7 Å². The molecule has 12 heteroatoms. The van der Waals surface area contributed by atoms with Crippen molar-refractivity contribution in [3.05, 3.63) is 71.7 Å². The molecule has 160 valence electrons. The third-order valence-corrected chi connectivity index (χ3v) is 3.84.